The van der Waals surface area contributed by atoms with Crippen LogP contribution in [0.5, 0.6) is 0 Å². The Labute approximate surface area is 152 Å². The van der Waals surface area contributed by atoms with Crippen molar-refractivity contribution in [3.05, 3.63) is 40.4 Å². The molecule has 1 aliphatic heterocycles. The van der Waals surface area contributed by atoms with Crippen LogP contribution < -0.4 is 10.6 Å². The minimum Gasteiger partial charge on any atom is -0.320 e. The summed E-state index contributed by atoms with van der Waals surface area (Å²) >= 11 is 0.847. The minimum atomic E-state index is -1.04. The fraction of sp³-hybridized carbons (Fsp3) is 0.294. The predicted molar refractivity (Wildman–Crippen MR) is 91.1 cm³/mol. The highest BCUT2D eigenvalue weighted by atomic mass is 32.2. The van der Waals surface area contributed by atoms with Crippen molar-refractivity contribution in [1.29, 1.82) is 10.5 Å². The lowest BCUT2D eigenvalue weighted by atomic mass is 9.72. The third-order valence-electron chi connectivity index (χ3n) is 3.91. The first-order valence-corrected chi connectivity index (χ1v) is 8.43. The average molecular weight is 376 g/mol. The second-order valence-corrected chi connectivity index (χ2v) is 7.01. The molecule has 0 unspecified atom stereocenters. The molecule has 2 rings (SSSR count). The molecule has 1 aromatic carbocycles. The predicted octanol–water partition coefficient (Wildman–Crippen LogP) is 2.67. The monoisotopic (exact) mass is 376 g/mol. The summed E-state index contributed by atoms with van der Waals surface area (Å²) in [6.45, 7) is 3.18. The maximum atomic E-state index is 13.6. The van der Waals surface area contributed by atoms with Gasteiger partial charge in [0.1, 0.15) is 23.2 Å². The van der Waals surface area contributed by atoms with Crippen LogP contribution in [0.4, 0.5) is 14.5 Å². The number of amides is 2. The average Bonchev–Trinajstić information content (AvgIpc) is 2.56. The molecule has 134 valence electrons. The number of carbonyl (C=O) groups is 2. The summed E-state index contributed by atoms with van der Waals surface area (Å²) in [5, 5.41) is 23.3. The van der Waals surface area contributed by atoms with Crippen LogP contribution in [0, 0.1) is 45.6 Å². The standard InChI is InChI=1S/C17H14F2N4O2S/c1-17(2)9(6-20)15(25)23-16(10(17)7-21)26-8-13(24)22-14-11(18)4-3-5-12(14)19/h3-5,9H,8H2,1-2H3,(H,22,24)(H,23,25)/t9-/m1/s1. The maximum Gasteiger partial charge on any atom is 0.243 e. The normalized spacial score (nSPS) is 18.5. The van der Waals surface area contributed by atoms with Crippen LogP contribution in [-0.4, -0.2) is 17.6 Å². The highest BCUT2D eigenvalue weighted by Gasteiger charge is 2.44. The molecule has 0 aliphatic carbocycles. The lowest BCUT2D eigenvalue weighted by Crippen LogP contribution is -2.44. The summed E-state index contributed by atoms with van der Waals surface area (Å²) in [6.07, 6.45) is 0. The van der Waals surface area contributed by atoms with E-state index >= 15 is 0 Å². The summed E-state index contributed by atoms with van der Waals surface area (Å²) in [6, 6.07) is 7.02. The van der Waals surface area contributed by atoms with Gasteiger partial charge in [0.05, 0.1) is 28.5 Å². The van der Waals surface area contributed by atoms with E-state index in [0.717, 1.165) is 23.9 Å². The molecule has 2 N–H and O–H groups in total. The highest BCUT2D eigenvalue weighted by molar-refractivity contribution is 8.03. The van der Waals surface area contributed by atoms with E-state index < -0.39 is 40.5 Å². The summed E-state index contributed by atoms with van der Waals surface area (Å²) in [5.74, 6) is -4.43. The van der Waals surface area contributed by atoms with E-state index in [2.05, 4.69) is 10.6 Å². The summed E-state index contributed by atoms with van der Waals surface area (Å²) < 4.78 is 27.1. The zero-order valence-electron chi connectivity index (χ0n) is 13.9. The molecule has 2 amide bonds. The zero-order valence-corrected chi connectivity index (χ0v) is 14.7. The van der Waals surface area contributed by atoms with Gasteiger partial charge >= 0.3 is 0 Å². The van der Waals surface area contributed by atoms with E-state index in [1.165, 1.54) is 6.07 Å². The van der Waals surface area contributed by atoms with Gasteiger partial charge in [-0.15, -0.1) is 0 Å². The van der Waals surface area contributed by atoms with Gasteiger partial charge in [-0.1, -0.05) is 31.7 Å². The Bertz CT molecular complexity index is 863. The van der Waals surface area contributed by atoms with E-state index in [9.17, 15) is 23.6 Å². The molecule has 0 radical (unpaired) electrons. The van der Waals surface area contributed by atoms with Crippen molar-refractivity contribution in [3.63, 3.8) is 0 Å². The van der Waals surface area contributed by atoms with Crippen molar-refractivity contribution in [2.24, 2.45) is 11.3 Å². The molecule has 0 aromatic heterocycles. The fourth-order valence-corrected chi connectivity index (χ4v) is 3.44. The molecule has 0 fully saturated rings. The number of hydrogen-bond donors (Lipinski definition) is 2. The lowest BCUT2D eigenvalue weighted by molar-refractivity contribution is -0.125. The number of hydrogen-bond acceptors (Lipinski definition) is 5. The van der Waals surface area contributed by atoms with Crippen LogP contribution in [0.1, 0.15) is 13.8 Å². The molecular formula is C17H14F2N4O2S. The molecule has 1 atom stereocenters. The molecule has 9 heteroatoms. The molecule has 6 nitrogen and oxygen atoms in total. The fourth-order valence-electron chi connectivity index (χ4n) is 2.46. The SMILES string of the molecule is CC1(C)C(C#N)=C(SCC(=O)Nc2c(F)cccc2F)NC(=O)[C@H]1C#N. The number of para-hydroxylation sites is 1. The number of carbonyl (C=O) groups excluding carboxylic acids is 2. The van der Waals surface area contributed by atoms with E-state index in [1.54, 1.807) is 13.8 Å². The van der Waals surface area contributed by atoms with Crippen LogP contribution >= 0.6 is 11.8 Å². The Hall–Kier alpha value is -2.91. The van der Waals surface area contributed by atoms with Crippen molar-refractivity contribution in [1.82, 2.24) is 5.32 Å². The van der Waals surface area contributed by atoms with Gasteiger partial charge in [-0.05, 0) is 12.1 Å². The Balaban J connectivity index is 2.16. The number of thioether (sulfide) groups is 1. The van der Waals surface area contributed by atoms with Crippen LogP contribution in [-0.2, 0) is 9.59 Å². The Morgan fingerprint density at radius 2 is 1.96 bits per heavy atom. The van der Waals surface area contributed by atoms with Crippen molar-refractivity contribution in [2.45, 2.75) is 13.8 Å². The highest BCUT2D eigenvalue weighted by Crippen LogP contribution is 2.41. The minimum absolute atomic E-state index is 0.151. The molecular weight excluding hydrogens is 362 g/mol. The smallest absolute Gasteiger partial charge is 0.243 e. The van der Waals surface area contributed by atoms with Crippen LogP contribution in [0.15, 0.2) is 28.8 Å². The van der Waals surface area contributed by atoms with Crippen LogP contribution in [0.3, 0.4) is 0 Å². The number of nitriles is 2. The van der Waals surface area contributed by atoms with Crippen molar-refractivity contribution in [3.8, 4) is 12.1 Å². The molecule has 0 spiro atoms. The van der Waals surface area contributed by atoms with Gasteiger partial charge < -0.3 is 10.6 Å². The topological polar surface area (TPSA) is 106 Å². The maximum absolute atomic E-state index is 13.6. The molecule has 26 heavy (non-hydrogen) atoms. The lowest BCUT2D eigenvalue weighted by Gasteiger charge is -2.34. The van der Waals surface area contributed by atoms with E-state index in [4.69, 9.17) is 5.26 Å². The van der Waals surface area contributed by atoms with Gasteiger partial charge in [-0.3, -0.25) is 9.59 Å². The van der Waals surface area contributed by atoms with E-state index in [0.29, 0.717) is 0 Å². The van der Waals surface area contributed by atoms with Crippen molar-refractivity contribution in [2.75, 3.05) is 11.1 Å². The summed E-state index contributed by atoms with van der Waals surface area (Å²) in [5.41, 5.74) is -1.42. The largest absolute Gasteiger partial charge is 0.320 e. The van der Waals surface area contributed by atoms with E-state index in [-0.39, 0.29) is 16.4 Å². The Morgan fingerprint density at radius 1 is 1.35 bits per heavy atom. The van der Waals surface area contributed by atoms with Crippen LogP contribution in [0.2, 0.25) is 0 Å². The van der Waals surface area contributed by atoms with Gasteiger partial charge in [0.25, 0.3) is 0 Å². The van der Waals surface area contributed by atoms with Crippen molar-refractivity contribution >= 4 is 29.3 Å². The number of nitrogens with one attached hydrogen (secondary N) is 2. The van der Waals surface area contributed by atoms with Crippen molar-refractivity contribution < 1.29 is 18.4 Å². The first-order valence-electron chi connectivity index (χ1n) is 7.44. The van der Waals surface area contributed by atoms with Gasteiger partial charge in [0, 0.05) is 5.41 Å². The van der Waals surface area contributed by atoms with Gasteiger partial charge in [-0.25, -0.2) is 8.78 Å². The Morgan fingerprint density at radius 3 is 2.50 bits per heavy atom. The second-order valence-electron chi connectivity index (χ2n) is 6.02. The summed E-state index contributed by atoms with van der Waals surface area (Å²) in [4.78, 5) is 24.0. The van der Waals surface area contributed by atoms with Crippen LogP contribution in [0.25, 0.3) is 0 Å². The third-order valence-corrected chi connectivity index (χ3v) is 4.91. The quantitative estimate of drug-likeness (QED) is 0.840. The first kappa shape index (κ1) is 19.4. The number of nitrogens with zero attached hydrogens (tertiary/aromatic N) is 2. The van der Waals surface area contributed by atoms with E-state index in [1.807, 2.05) is 12.1 Å². The van der Waals surface area contributed by atoms with Gasteiger partial charge in [0.15, 0.2) is 0 Å². The number of halogens is 2. The van der Waals surface area contributed by atoms with Gasteiger partial charge in [-0.2, -0.15) is 10.5 Å². The number of allylic oxidation sites excluding steroid dienone is 1. The second kappa shape index (κ2) is 7.54. The molecule has 1 aromatic rings. The third kappa shape index (κ3) is 3.68. The molecule has 0 bridgehead atoms. The Kier molecular flexibility index (Phi) is 5.63. The number of benzene rings is 1. The molecule has 0 saturated heterocycles. The first-order chi connectivity index (χ1) is 12.2. The zero-order chi connectivity index (χ0) is 19.5. The van der Waals surface area contributed by atoms with Gasteiger partial charge in [0.2, 0.25) is 11.8 Å². The molecule has 1 aliphatic rings. The number of rotatable bonds is 4. The molecule has 0 saturated carbocycles. The molecule has 1 heterocycles. The number of anilines is 1. The summed E-state index contributed by atoms with van der Waals surface area (Å²) in [7, 11) is 0.